The molecular formula is C16H17F3N2O2. The summed E-state index contributed by atoms with van der Waals surface area (Å²) in [5, 5.41) is 8.84. The zero-order valence-electron chi connectivity index (χ0n) is 12.7. The second kappa shape index (κ2) is 6.08. The number of carboxylic acids is 1. The van der Waals surface area contributed by atoms with Gasteiger partial charge in [-0.25, -0.2) is 0 Å². The second-order valence-corrected chi connectivity index (χ2v) is 5.41. The summed E-state index contributed by atoms with van der Waals surface area (Å²) in [4.78, 5) is 10.8. The molecule has 0 aliphatic rings. The molecule has 124 valence electrons. The van der Waals surface area contributed by atoms with E-state index in [9.17, 15) is 18.0 Å². The van der Waals surface area contributed by atoms with Crippen LogP contribution in [0.1, 0.15) is 35.0 Å². The summed E-state index contributed by atoms with van der Waals surface area (Å²) in [6.45, 7) is 3.56. The molecule has 7 heteroatoms. The van der Waals surface area contributed by atoms with Gasteiger partial charge in [0.15, 0.2) is 0 Å². The normalized spacial score (nSPS) is 13.1. The quantitative estimate of drug-likeness (QED) is 0.902. The Bertz CT molecular complexity index is 718. The molecule has 0 fully saturated rings. The van der Waals surface area contributed by atoms with Crippen LogP contribution in [0.15, 0.2) is 30.3 Å². The van der Waals surface area contributed by atoms with Gasteiger partial charge in [-0.05, 0) is 49.7 Å². The first-order valence-corrected chi connectivity index (χ1v) is 6.95. The SMILES string of the molecule is Cc1cc(C(N)CC(=O)O)c(C)n1-c1ccc(C(F)(F)F)cc1. The molecule has 1 atom stereocenters. The second-order valence-electron chi connectivity index (χ2n) is 5.41. The number of hydrogen-bond donors (Lipinski definition) is 2. The number of nitrogens with two attached hydrogens (primary N) is 1. The van der Waals surface area contributed by atoms with Crippen molar-refractivity contribution in [1.82, 2.24) is 4.57 Å². The number of alkyl halides is 3. The van der Waals surface area contributed by atoms with E-state index in [2.05, 4.69) is 0 Å². The highest BCUT2D eigenvalue weighted by atomic mass is 19.4. The van der Waals surface area contributed by atoms with Gasteiger partial charge in [-0.1, -0.05) is 0 Å². The van der Waals surface area contributed by atoms with E-state index in [1.54, 1.807) is 24.5 Å². The molecule has 4 nitrogen and oxygen atoms in total. The minimum atomic E-state index is -4.38. The lowest BCUT2D eigenvalue weighted by molar-refractivity contribution is -0.138. The van der Waals surface area contributed by atoms with Crippen molar-refractivity contribution in [1.29, 1.82) is 0 Å². The van der Waals surface area contributed by atoms with E-state index in [1.165, 1.54) is 12.1 Å². The van der Waals surface area contributed by atoms with Gasteiger partial charge in [0.05, 0.1) is 12.0 Å². The van der Waals surface area contributed by atoms with Crippen molar-refractivity contribution in [3.05, 3.63) is 52.8 Å². The topological polar surface area (TPSA) is 68.2 Å². The fraction of sp³-hybridized carbons (Fsp3) is 0.312. The Labute approximate surface area is 131 Å². The predicted molar refractivity (Wildman–Crippen MR) is 79.4 cm³/mol. The molecule has 0 aliphatic carbocycles. The first-order valence-electron chi connectivity index (χ1n) is 6.95. The standard InChI is InChI=1S/C16H17F3N2O2/c1-9-7-13(14(20)8-15(22)23)10(2)21(9)12-5-3-11(4-6-12)16(17,18)19/h3-7,14H,8,20H2,1-2H3,(H,22,23). The number of carbonyl (C=O) groups is 1. The average molecular weight is 326 g/mol. The Morgan fingerprint density at radius 1 is 1.26 bits per heavy atom. The van der Waals surface area contributed by atoms with Crippen LogP contribution in [-0.2, 0) is 11.0 Å². The number of carboxylic acid groups (broad SMARTS) is 1. The first kappa shape index (κ1) is 17.1. The molecule has 1 heterocycles. The van der Waals surface area contributed by atoms with Crippen molar-refractivity contribution in [2.75, 3.05) is 0 Å². The highest BCUT2D eigenvalue weighted by Gasteiger charge is 2.30. The molecular weight excluding hydrogens is 309 g/mol. The van der Waals surface area contributed by atoms with Crippen LogP contribution in [0.5, 0.6) is 0 Å². The van der Waals surface area contributed by atoms with E-state index in [-0.39, 0.29) is 6.42 Å². The van der Waals surface area contributed by atoms with Crippen molar-refractivity contribution >= 4 is 5.97 Å². The summed E-state index contributed by atoms with van der Waals surface area (Å²) in [6, 6.07) is 5.91. The number of aromatic nitrogens is 1. The summed E-state index contributed by atoms with van der Waals surface area (Å²) in [5.41, 5.74) is 7.92. The molecule has 2 aromatic rings. The van der Waals surface area contributed by atoms with Crippen molar-refractivity contribution in [3.63, 3.8) is 0 Å². The van der Waals surface area contributed by atoms with E-state index >= 15 is 0 Å². The molecule has 0 amide bonds. The molecule has 0 aliphatic heterocycles. The summed E-state index contributed by atoms with van der Waals surface area (Å²) in [5.74, 6) is -1.00. The van der Waals surface area contributed by atoms with Crippen LogP contribution in [0.4, 0.5) is 13.2 Å². The molecule has 0 radical (unpaired) electrons. The molecule has 1 aromatic carbocycles. The first-order chi connectivity index (χ1) is 10.6. The van der Waals surface area contributed by atoms with Gasteiger partial charge in [0, 0.05) is 23.1 Å². The zero-order valence-corrected chi connectivity index (χ0v) is 12.7. The van der Waals surface area contributed by atoms with Crippen molar-refractivity contribution in [2.24, 2.45) is 5.73 Å². The molecule has 0 bridgehead atoms. The van der Waals surface area contributed by atoms with Crippen LogP contribution in [-0.4, -0.2) is 15.6 Å². The fourth-order valence-corrected chi connectivity index (χ4v) is 2.66. The van der Waals surface area contributed by atoms with Crippen LogP contribution in [0.2, 0.25) is 0 Å². The maximum atomic E-state index is 12.6. The van der Waals surface area contributed by atoms with Crippen molar-refractivity contribution in [2.45, 2.75) is 32.5 Å². The summed E-state index contributed by atoms with van der Waals surface area (Å²) < 4.78 is 39.7. The minimum Gasteiger partial charge on any atom is -0.481 e. The summed E-state index contributed by atoms with van der Waals surface area (Å²) >= 11 is 0. The highest BCUT2D eigenvalue weighted by molar-refractivity contribution is 5.68. The van der Waals surface area contributed by atoms with Crippen LogP contribution in [0.3, 0.4) is 0 Å². The van der Waals surface area contributed by atoms with Gasteiger partial charge in [0.2, 0.25) is 0 Å². The van der Waals surface area contributed by atoms with E-state index in [4.69, 9.17) is 10.8 Å². The Balaban J connectivity index is 2.41. The minimum absolute atomic E-state index is 0.211. The number of halogens is 3. The lowest BCUT2D eigenvalue weighted by atomic mass is 10.1. The monoisotopic (exact) mass is 326 g/mol. The zero-order chi connectivity index (χ0) is 17.4. The Morgan fingerprint density at radius 3 is 2.30 bits per heavy atom. The molecule has 0 saturated heterocycles. The average Bonchev–Trinajstić information content (AvgIpc) is 2.72. The van der Waals surface area contributed by atoms with Gasteiger partial charge >= 0.3 is 12.1 Å². The van der Waals surface area contributed by atoms with Crippen LogP contribution in [0, 0.1) is 13.8 Å². The van der Waals surface area contributed by atoms with E-state index < -0.39 is 23.8 Å². The molecule has 1 unspecified atom stereocenters. The Hall–Kier alpha value is -2.28. The third-order valence-corrected chi connectivity index (χ3v) is 3.72. The number of rotatable bonds is 4. The summed E-state index contributed by atoms with van der Waals surface area (Å²) in [6.07, 6.45) is -4.59. The molecule has 2 rings (SSSR count). The van der Waals surface area contributed by atoms with E-state index in [0.29, 0.717) is 11.3 Å². The van der Waals surface area contributed by atoms with Gasteiger partial charge < -0.3 is 15.4 Å². The van der Waals surface area contributed by atoms with Crippen molar-refractivity contribution in [3.8, 4) is 5.69 Å². The molecule has 1 aromatic heterocycles. The number of aryl methyl sites for hydroxylation is 1. The van der Waals surface area contributed by atoms with Gasteiger partial charge in [-0.3, -0.25) is 4.79 Å². The number of nitrogens with zero attached hydrogens (tertiary/aromatic N) is 1. The Kier molecular flexibility index (Phi) is 4.51. The maximum absolute atomic E-state index is 12.6. The summed E-state index contributed by atoms with van der Waals surface area (Å²) in [7, 11) is 0. The maximum Gasteiger partial charge on any atom is 0.416 e. The van der Waals surface area contributed by atoms with Crippen LogP contribution in [0.25, 0.3) is 5.69 Å². The van der Waals surface area contributed by atoms with E-state index in [1.807, 2.05) is 0 Å². The van der Waals surface area contributed by atoms with Crippen LogP contribution < -0.4 is 5.73 Å². The lowest BCUT2D eigenvalue weighted by Gasteiger charge is -2.13. The number of aliphatic carboxylic acids is 1. The smallest absolute Gasteiger partial charge is 0.416 e. The fourth-order valence-electron chi connectivity index (χ4n) is 2.66. The highest BCUT2D eigenvalue weighted by Crippen LogP contribution is 2.31. The van der Waals surface area contributed by atoms with Gasteiger partial charge in [0.1, 0.15) is 0 Å². The Morgan fingerprint density at radius 2 is 1.83 bits per heavy atom. The third-order valence-electron chi connectivity index (χ3n) is 3.72. The predicted octanol–water partition coefficient (Wildman–Crippen LogP) is 3.59. The number of hydrogen-bond acceptors (Lipinski definition) is 2. The molecule has 0 saturated carbocycles. The third kappa shape index (κ3) is 3.56. The van der Waals surface area contributed by atoms with Crippen molar-refractivity contribution < 1.29 is 23.1 Å². The largest absolute Gasteiger partial charge is 0.481 e. The lowest BCUT2D eigenvalue weighted by Crippen LogP contribution is -2.15. The molecule has 23 heavy (non-hydrogen) atoms. The molecule has 3 N–H and O–H groups in total. The van der Waals surface area contributed by atoms with Gasteiger partial charge in [-0.2, -0.15) is 13.2 Å². The van der Waals surface area contributed by atoms with Gasteiger partial charge in [0.25, 0.3) is 0 Å². The van der Waals surface area contributed by atoms with Crippen LogP contribution >= 0.6 is 0 Å². The number of benzene rings is 1. The van der Waals surface area contributed by atoms with Gasteiger partial charge in [-0.15, -0.1) is 0 Å². The van der Waals surface area contributed by atoms with E-state index in [0.717, 1.165) is 23.5 Å². The molecule has 0 spiro atoms.